The summed E-state index contributed by atoms with van der Waals surface area (Å²) in [5.41, 5.74) is 4.15. The first-order valence-electron chi connectivity index (χ1n) is 6.93. The highest BCUT2D eigenvalue weighted by Gasteiger charge is 2.17. The van der Waals surface area contributed by atoms with Gasteiger partial charge in [-0.05, 0) is 44.2 Å². The molecule has 2 nitrogen and oxygen atoms in total. The Kier molecular flexibility index (Phi) is 3.66. The van der Waals surface area contributed by atoms with Gasteiger partial charge in [0, 0.05) is 4.88 Å². The van der Waals surface area contributed by atoms with E-state index in [1.807, 2.05) is 18.2 Å². The average molecular weight is 280 g/mol. The number of hydrogen-bond donors (Lipinski definition) is 0. The zero-order valence-electron chi connectivity index (χ0n) is 11.5. The lowest BCUT2D eigenvalue weighted by Crippen LogP contribution is -1.99. The largest absolute Gasteiger partial charge is 0.240 e. The zero-order chi connectivity index (χ0) is 13.9. The molecular formula is C17H16N2S. The number of thiazole rings is 1. The minimum Gasteiger partial charge on any atom is -0.240 e. The molecule has 2 aromatic rings. The van der Waals surface area contributed by atoms with E-state index in [1.165, 1.54) is 29.0 Å². The summed E-state index contributed by atoms with van der Waals surface area (Å²) in [5, 5.41) is 10.3. The molecule has 3 rings (SSSR count). The normalized spacial score (nSPS) is 14.7. The van der Waals surface area contributed by atoms with E-state index in [9.17, 15) is 5.26 Å². The molecule has 0 fully saturated rings. The summed E-state index contributed by atoms with van der Waals surface area (Å²) in [5.74, 6) is 0. The minimum absolute atomic E-state index is 0.676. The average Bonchev–Trinajstić information content (AvgIpc) is 2.88. The van der Waals surface area contributed by atoms with Crippen LogP contribution in [0.3, 0.4) is 0 Å². The lowest BCUT2D eigenvalue weighted by Gasteiger charge is -2.06. The van der Waals surface area contributed by atoms with Crippen molar-refractivity contribution in [3.8, 4) is 6.07 Å². The molecule has 0 saturated heterocycles. The van der Waals surface area contributed by atoms with Gasteiger partial charge in [0.15, 0.2) is 0 Å². The fraction of sp³-hybridized carbons (Fsp3) is 0.294. The highest BCUT2D eigenvalue weighted by molar-refractivity contribution is 7.13. The van der Waals surface area contributed by atoms with Crippen molar-refractivity contribution >= 4 is 23.0 Å². The van der Waals surface area contributed by atoms with E-state index in [1.54, 1.807) is 11.3 Å². The van der Waals surface area contributed by atoms with Crippen LogP contribution in [-0.2, 0) is 12.8 Å². The van der Waals surface area contributed by atoms with Crippen molar-refractivity contribution in [2.24, 2.45) is 0 Å². The first kappa shape index (κ1) is 13.1. The molecule has 0 radical (unpaired) electrons. The van der Waals surface area contributed by atoms with Gasteiger partial charge in [0.1, 0.15) is 11.1 Å². The summed E-state index contributed by atoms with van der Waals surface area (Å²) in [6, 6.07) is 10.5. The van der Waals surface area contributed by atoms with Crippen molar-refractivity contribution in [1.29, 1.82) is 5.26 Å². The maximum Gasteiger partial charge on any atom is 0.134 e. The van der Waals surface area contributed by atoms with Crippen molar-refractivity contribution in [2.45, 2.75) is 32.6 Å². The molecular weight excluding hydrogens is 264 g/mol. The van der Waals surface area contributed by atoms with Gasteiger partial charge in [-0.3, -0.25) is 0 Å². The highest BCUT2D eigenvalue weighted by atomic mass is 32.1. The summed E-state index contributed by atoms with van der Waals surface area (Å²) in [6.07, 6.45) is 6.60. The first-order valence-corrected chi connectivity index (χ1v) is 7.75. The molecule has 0 amide bonds. The predicted octanol–water partition coefficient (Wildman–Crippen LogP) is 4.39. The molecule has 0 atom stereocenters. The lowest BCUT2D eigenvalue weighted by atomic mass is 10.0. The number of hydrogen-bond acceptors (Lipinski definition) is 3. The number of fused-ring (bicyclic) bond motifs is 1. The van der Waals surface area contributed by atoms with Gasteiger partial charge >= 0.3 is 0 Å². The predicted molar refractivity (Wildman–Crippen MR) is 83.4 cm³/mol. The van der Waals surface area contributed by atoms with E-state index in [4.69, 9.17) is 0 Å². The van der Waals surface area contributed by atoms with Crippen LogP contribution >= 0.6 is 11.3 Å². The van der Waals surface area contributed by atoms with Crippen LogP contribution in [0.25, 0.3) is 11.6 Å². The van der Waals surface area contributed by atoms with Crippen LogP contribution in [0.2, 0.25) is 0 Å². The standard InChI is InChI=1S/C17H16N2S/c1-12-5-4-6-13(9-12)10-14(11-18)17-19-15-7-2-3-8-16(15)20-17/h4-6,9-10H,2-3,7-8H2,1H3/b14-10+. The fourth-order valence-electron chi connectivity index (χ4n) is 2.54. The van der Waals surface area contributed by atoms with Crippen LogP contribution in [0.5, 0.6) is 0 Å². The second-order valence-electron chi connectivity index (χ2n) is 5.18. The van der Waals surface area contributed by atoms with Crippen molar-refractivity contribution in [2.75, 3.05) is 0 Å². The van der Waals surface area contributed by atoms with E-state index in [-0.39, 0.29) is 0 Å². The molecule has 1 aliphatic rings. The Balaban J connectivity index is 1.98. The molecule has 1 aromatic carbocycles. The minimum atomic E-state index is 0.676. The quantitative estimate of drug-likeness (QED) is 0.765. The summed E-state index contributed by atoms with van der Waals surface area (Å²) in [7, 11) is 0. The van der Waals surface area contributed by atoms with Crippen LogP contribution in [0.1, 0.15) is 39.5 Å². The Morgan fingerprint density at radius 2 is 2.20 bits per heavy atom. The Labute approximate surface area is 123 Å². The molecule has 0 N–H and O–H groups in total. The Bertz CT molecular complexity index is 681. The van der Waals surface area contributed by atoms with Crippen LogP contribution in [-0.4, -0.2) is 4.98 Å². The number of nitriles is 1. The molecule has 0 bridgehead atoms. The van der Waals surface area contributed by atoms with Gasteiger partial charge in [-0.2, -0.15) is 5.26 Å². The molecule has 0 aliphatic heterocycles. The van der Waals surface area contributed by atoms with E-state index >= 15 is 0 Å². The van der Waals surface area contributed by atoms with Gasteiger partial charge in [-0.15, -0.1) is 11.3 Å². The third-order valence-corrected chi connectivity index (χ3v) is 4.74. The molecule has 20 heavy (non-hydrogen) atoms. The van der Waals surface area contributed by atoms with Gasteiger partial charge in [0.2, 0.25) is 0 Å². The van der Waals surface area contributed by atoms with Crippen LogP contribution in [0, 0.1) is 18.3 Å². The summed E-state index contributed by atoms with van der Waals surface area (Å²) >= 11 is 1.69. The number of aryl methyl sites for hydroxylation is 3. The van der Waals surface area contributed by atoms with Crippen LogP contribution in [0.15, 0.2) is 24.3 Å². The van der Waals surface area contributed by atoms with Crippen molar-refractivity contribution < 1.29 is 0 Å². The highest BCUT2D eigenvalue weighted by Crippen LogP contribution is 2.30. The third-order valence-electron chi connectivity index (χ3n) is 3.55. The zero-order valence-corrected chi connectivity index (χ0v) is 12.3. The molecule has 0 saturated carbocycles. The fourth-order valence-corrected chi connectivity index (χ4v) is 3.65. The number of benzene rings is 1. The van der Waals surface area contributed by atoms with Crippen molar-refractivity contribution in [3.63, 3.8) is 0 Å². The van der Waals surface area contributed by atoms with Gasteiger partial charge in [-0.25, -0.2) is 4.98 Å². The molecule has 100 valence electrons. The molecule has 1 heterocycles. The molecule has 0 spiro atoms. The van der Waals surface area contributed by atoms with Gasteiger partial charge in [-0.1, -0.05) is 29.8 Å². The lowest BCUT2D eigenvalue weighted by molar-refractivity contribution is 0.682. The Morgan fingerprint density at radius 1 is 1.35 bits per heavy atom. The molecule has 1 aromatic heterocycles. The van der Waals surface area contributed by atoms with E-state index in [0.717, 1.165) is 23.4 Å². The van der Waals surface area contributed by atoms with E-state index < -0.39 is 0 Å². The molecule has 3 heteroatoms. The number of rotatable bonds is 2. The topological polar surface area (TPSA) is 36.7 Å². The van der Waals surface area contributed by atoms with Crippen molar-refractivity contribution in [1.82, 2.24) is 4.98 Å². The Morgan fingerprint density at radius 3 is 2.95 bits per heavy atom. The maximum absolute atomic E-state index is 9.42. The second kappa shape index (κ2) is 5.60. The smallest absolute Gasteiger partial charge is 0.134 e. The SMILES string of the molecule is Cc1cccc(/C=C(\C#N)c2nc3c(s2)CCCC3)c1. The van der Waals surface area contributed by atoms with Gasteiger partial charge in [0.25, 0.3) is 0 Å². The van der Waals surface area contributed by atoms with Gasteiger partial charge in [0.05, 0.1) is 11.3 Å². The number of nitrogens with zero attached hydrogens (tertiary/aromatic N) is 2. The first-order chi connectivity index (χ1) is 9.76. The van der Waals surface area contributed by atoms with Crippen LogP contribution in [0.4, 0.5) is 0 Å². The summed E-state index contributed by atoms with van der Waals surface area (Å²) in [6.45, 7) is 2.06. The number of allylic oxidation sites excluding steroid dienone is 1. The van der Waals surface area contributed by atoms with Crippen LogP contribution < -0.4 is 0 Å². The van der Waals surface area contributed by atoms with Gasteiger partial charge < -0.3 is 0 Å². The summed E-state index contributed by atoms with van der Waals surface area (Å²) < 4.78 is 0. The van der Waals surface area contributed by atoms with E-state index in [2.05, 4.69) is 30.1 Å². The molecule has 1 aliphatic carbocycles. The third kappa shape index (κ3) is 2.66. The second-order valence-corrected chi connectivity index (χ2v) is 6.26. The summed E-state index contributed by atoms with van der Waals surface area (Å²) in [4.78, 5) is 6.04. The van der Waals surface area contributed by atoms with E-state index in [0.29, 0.717) is 5.57 Å². The monoisotopic (exact) mass is 280 g/mol. The molecule has 0 unspecified atom stereocenters. The van der Waals surface area contributed by atoms with Crippen molar-refractivity contribution in [3.05, 3.63) is 51.0 Å². The maximum atomic E-state index is 9.42. The number of aromatic nitrogens is 1. The Hall–Kier alpha value is -1.92.